The van der Waals surface area contributed by atoms with Crippen LogP contribution in [0.25, 0.3) is 0 Å². The van der Waals surface area contributed by atoms with Gasteiger partial charge in [0.05, 0.1) is 32.1 Å². The minimum absolute atomic E-state index is 0.136. The number of nitrogens with one attached hydrogen (secondary N) is 1. The third kappa shape index (κ3) is 6.88. The molecule has 31 heavy (non-hydrogen) atoms. The molecule has 2 aromatic heterocycles. The highest BCUT2D eigenvalue weighted by Crippen LogP contribution is 2.25. The Balaban J connectivity index is 1.63. The summed E-state index contributed by atoms with van der Waals surface area (Å²) in [6, 6.07) is 7.31. The van der Waals surface area contributed by atoms with E-state index >= 15 is 0 Å². The fourth-order valence-electron chi connectivity index (χ4n) is 2.87. The van der Waals surface area contributed by atoms with E-state index < -0.39 is 0 Å². The Bertz CT molecular complexity index is 993. The molecule has 0 fully saturated rings. The molecular formula is C21H24ClN5O3S. The van der Waals surface area contributed by atoms with Gasteiger partial charge >= 0.3 is 0 Å². The first-order valence-corrected chi connectivity index (χ1v) is 11.0. The Morgan fingerprint density at radius 1 is 1.35 bits per heavy atom. The Morgan fingerprint density at radius 2 is 2.23 bits per heavy atom. The molecule has 0 bridgehead atoms. The average Bonchev–Trinajstić information content (AvgIpc) is 3.45. The summed E-state index contributed by atoms with van der Waals surface area (Å²) in [5.74, 6) is -0.343. The first-order chi connectivity index (χ1) is 15.1. The molecular weight excluding hydrogens is 438 g/mol. The van der Waals surface area contributed by atoms with Crippen LogP contribution in [-0.2, 0) is 22.6 Å². The van der Waals surface area contributed by atoms with Crippen LogP contribution in [0.3, 0.4) is 0 Å². The highest BCUT2D eigenvalue weighted by atomic mass is 35.5. The topological polar surface area (TPSA) is 89.4 Å². The maximum Gasteiger partial charge on any atom is 0.263 e. The maximum absolute atomic E-state index is 12.8. The third-order valence-corrected chi connectivity index (χ3v) is 5.69. The quantitative estimate of drug-likeness (QED) is 0.442. The van der Waals surface area contributed by atoms with Crippen molar-refractivity contribution in [2.24, 2.45) is 0 Å². The van der Waals surface area contributed by atoms with E-state index in [0.717, 1.165) is 18.5 Å². The van der Waals surface area contributed by atoms with Crippen molar-refractivity contribution in [2.75, 3.05) is 25.2 Å². The molecule has 0 saturated carbocycles. The van der Waals surface area contributed by atoms with E-state index in [-0.39, 0.29) is 18.2 Å². The molecule has 3 rings (SSSR count). The molecule has 0 unspecified atom stereocenters. The smallest absolute Gasteiger partial charge is 0.263 e. The molecule has 8 nitrogen and oxygen atoms in total. The van der Waals surface area contributed by atoms with Gasteiger partial charge in [0.25, 0.3) is 5.91 Å². The molecule has 0 aliphatic carbocycles. The molecule has 0 aliphatic rings. The summed E-state index contributed by atoms with van der Waals surface area (Å²) in [4.78, 5) is 35.6. The number of hydrogen-bond acceptors (Lipinski definition) is 6. The number of nitrogens with zero attached hydrogens (tertiary/aromatic N) is 4. The lowest BCUT2D eigenvalue weighted by Gasteiger charge is -2.20. The number of carbonyl (C=O) groups is 2. The van der Waals surface area contributed by atoms with Crippen molar-refractivity contribution in [1.29, 1.82) is 0 Å². The van der Waals surface area contributed by atoms with Gasteiger partial charge in [0.2, 0.25) is 5.91 Å². The predicted octanol–water partition coefficient (Wildman–Crippen LogP) is 3.38. The van der Waals surface area contributed by atoms with Crippen LogP contribution in [0.5, 0.6) is 0 Å². The van der Waals surface area contributed by atoms with Gasteiger partial charge < -0.3 is 14.6 Å². The molecule has 1 N–H and O–H groups in total. The largest absolute Gasteiger partial charge is 0.384 e. The number of amides is 2. The van der Waals surface area contributed by atoms with Gasteiger partial charge in [-0.15, -0.1) is 0 Å². The molecule has 2 heterocycles. The first kappa shape index (κ1) is 22.9. The number of imidazole rings is 1. The fraction of sp³-hybridized carbons (Fsp3) is 0.333. The molecule has 0 aliphatic heterocycles. The van der Waals surface area contributed by atoms with Crippen LogP contribution < -0.4 is 10.2 Å². The maximum atomic E-state index is 12.8. The van der Waals surface area contributed by atoms with Gasteiger partial charge in [0.1, 0.15) is 4.88 Å². The zero-order chi connectivity index (χ0) is 22.1. The van der Waals surface area contributed by atoms with Crippen LogP contribution in [0.2, 0.25) is 5.02 Å². The highest BCUT2D eigenvalue weighted by Gasteiger charge is 2.21. The predicted molar refractivity (Wildman–Crippen MR) is 120 cm³/mol. The summed E-state index contributed by atoms with van der Waals surface area (Å²) in [5, 5.41) is 3.95. The number of anilines is 1. The van der Waals surface area contributed by atoms with E-state index in [1.807, 2.05) is 22.9 Å². The molecule has 2 amide bonds. The summed E-state index contributed by atoms with van der Waals surface area (Å²) in [5.41, 5.74) is 0.874. The molecule has 1 aromatic carbocycles. The number of methoxy groups -OCH3 is 1. The van der Waals surface area contributed by atoms with E-state index in [9.17, 15) is 9.59 Å². The summed E-state index contributed by atoms with van der Waals surface area (Å²) in [6.07, 6.45) is 7.84. The van der Waals surface area contributed by atoms with Crippen molar-refractivity contribution in [1.82, 2.24) is 19.9 Å². The first-order valence-electron chi connectivity index (χ1n) is 9.80. The monoisotopic (exact) mass is 461 g/mol. The summed E-state index contributed by atoms with van der Waals surface area (Å²) in [7, 11) is 1.55. The van der Waals surface area contributed by atoms with Crippen LogP contribution in [0.15, 0.2) is 49.2 Å². The average molecular weight is 462 g/mol. The molecule has 10 heteroatoms. The van der Waals surface area contributed by atoms with Crippen LogP contribution in [-0.4, -0.2) is 46.6 Å². The van der Waals surface area contributed by atoms with Crippen molar-refractivity contribution in [3.63, 3.8) is 0 Å². The minimum Gasteiger partial charge on any atom is -0.384 e. The number of rotatable bonds is 11. The van der Waals surface area contributed by atoms with Crippen molar-refractivity contribution in [2.45, 2.75) is 25.9 Å². The van der Waals surface area contributed by atoms with Crippen LogP contribution in [0.1, 0.15) is 28.1 Å². The number of benzene rings is 1. The third-order valence-electron chi connectivity index (χ3n) is 4.44. The fourth-order valence-corrected chi connectivity index (χ4v) is 3.93. The van der Waals surface area contributed by atoms with Gasteiger partial charge in [0, 0.05) is 37.6 Å². The SMILES string of the molecule is COCCC(=O)N(Cc1cccc(Cl)c1)c1ncc(C(=O)NCCCn2ccnc2)s1. The summed E-state index contributed by atoms with van der Waals surface area (Å²) < 4.78 is 6.99. The van der Waals surface area contributed by atoms with Gasteiger partial charge in [-0.25, -0.2) is 9.97 Å². The second-order valence-electron chi connectivity index (χ2n) is 6.77. The van der Waals surface area contributed by atoms with Crippen molar-refractivity contribution < 1.29 is 14.3 Å². The summed E-state index contributed by atoms with van der Waals surface area (Å²) >= 11 is 7.26. The number of aromatic nitrogens is 3. The van der Waals surface area contributed by atoms with Crippen molar-refractivity contribution >= 4 is 39.9 Å². The van der Waals surface area contributed by atoms with Gasteiger partial charge in [-0.3, -0.25) is 14.5 Å². The normalized spacial score (nSPS) is 10.8. The Morgan fingerprint density at radius 3 is 2.97 bits per heavy atom. The van der Waals surface area contributed by atoms with E-state index in [2.05, 4.69) is 15.3 Å². The number of hydrogen-bond donors (Lipinski definition) is 1. The molecule has 0 radical (unpaired) electrons. The Kier molecular flexibility index (Phi) is 8.57. The summed E-state index contributed by atoms with van der Waals surface area (Å²) in [6.45, 7) is 1.92. The van der Waals surface area contributed by atoms with Gasteiger partial charge in [-0.05, 0) is 24.1 Å². The lowest BCUT2D eigenvalue weighted by Crippen LogP contribution is -2.31. The second kappa shape index (κ2) is 11.6. The number of halogens is 1. The molecule has 164 valence electrons. The molecule has 0 spiro atoms. The van der Waals surface area contributed by atoms with E-state index in [1.165, 1.54) is 17.5 Å². The number of thiazole rings is 1. The molecule has 3 aromatic rings. The second-order valence-corrected chi connectivity index (χ2v) is 8.22. The van der Waals surface area contributed by atoms with E-state index in [0.29, 0.717) is 34.7 Å². The number of carbonyl (C=O) groups excluding carboxylic acids is 2. The number of ether oxygens (including phenoxy) is 1. The lowest BCUT2D eigenvalue weighted by molar-refractivity contribution is -0.119. The van der Waals surface area contributed by atoms with Gasteiger partial charge in [-0.1, -0.05) is 35.1 Å². The Labute approximate surface area is 189 Å². The van der Waals surface area contributed by atoms with Crippen molar-refractivity contribution in [3.8, 4) is 0 Å². The zero-order valence-corrected chi connectivity index (χ0v) is 18.7. The zero-order valence-electron chi connectivity index (χ0n) is 17.2. The van der Waals surface area contributed by atoms with Crippen LogP contribution >= 0.6 is 22.9 Å². The molecule has 0 atom stereocenters. The minimum atomic E-state index is -0.207. The van der Waals surface area contributed by atoms with E-state index in [4.69, 9.17) is 16.3 Å². The van der Waals surface area contributed by atoms with Gasteiger partial charge in [0.15, 0.2) is 5.13 Å². The Hall–Kier alpha value is -2.75. The van der Waals surface area contributed by atoms with E-state index in [1.54, 1.807) is 36.7 Å². The lowest BCUT2D eigenvalue weighted by atomic mass is 10.2. The standard InChI is InChI=1S/C21H24ClN5O3S/c1-30-11-6-19(28)27(14-16-4-2-5-17(22)12-16)21-25-13-18(31-21)20(29)24-7-3-9-26-10-8-23-15-26/h2,4-5,8,10,12-13,15H,3,6-7,9,11,14H2,1H3,(H,24,29). The van der Waals surface area contributed by atoms with Crippen LogP contribution in [0.4, 0.5) is 5.13 Å². The van der Waals surface area contributed by atoms with Crippen LogP contribution in [0, 0.1) is 0 Å². The van der Waals surface area contributed by atoms with Gasteiger partial charge in [-0.2, -0.15) is 0 Å². The highest BCUT2D eigenvalue weighted by molar-refractivity contribution is 7.17. The molecule has 0 saturated heterocycles. The van der Waals surface area contributed by atoms with Crippen molar-refractivity contribution in [3.05, 3.63) is 64.6 Å². The number of aryl methyl sites for hydroxylation is 1.